The van der Waals surface area contributed by atoms with Crippen LogP contribution < -0.4 is 4.90 Å². The van der Waals surface area contributed by atoms with E-state index in [2.05, 4.69) is 16.9 Å². The Labute approximate surface area is 135 Å². The first-order chi connectivity index (χ1) is 11.2. The standard InChI is InChI=1S/C16H22N4O3/c1-19-6-2-3-13(19)12-9-17-10-14(18-12)20-11-16(23-15(20)21)4-7-22-8-5-16/h9-10,13H,2-8,11H2,1H3. The fraction of sp³-hybridized carbons (Fsp3) is 0.688. The van der Waals surface area contributed by atoms with E-state index in [-0.39, 0.29) is 12.1 Å². The van der Waals surface area contributed by atoms with Crippen LogP contribution in [0.4, 0.5) is 10.6 Å². The predicted octanol–water partition coefficient (Wildman–Crippen LogP) is 1.75. The summed E-state index contributed by atoms with van der Waals surface area (Å²) in [5.74, 6) is 0.594. The van der Waals surface area contributed by atoms with Gasteiger partial charge in [0.2, 0.25) is 0 Å². The maximum atomic E-state index is 12.3. The summed E-state index contributed by atoms with van der Waals surface area (Å²) >= 11 is 0. The molecule has 3 saturated heterocycles. The number of anilines is 1. The van der Waals surface area contributed by atoms with Crippen LogP contribution in [0, 0.1) is 0 Å². The zero-order chi connectivity index (χ0) is 15.9. The summed E-state index contributed by atoms with van der Waals surface area (Å²) in [6, 6.07) is 0.290. The Morgan fingerprint density at radius 1 is 1.30 bits per heavy atom. The molecule has 0 aromatic carbocycles. The van der Waals surface area contributed by atoms with E-state index >= 15 is 0 Å². The predicted molar refractivity (Wildman–Crippen MR) is 83.2 cm³/mol. The van der Waals surface area contributed by atoms with Gasteiger partial charge in [-0.2, -0.15) is 0 Å². The highest BCUT2D eigenvalue weighted by molar-refractivity contribution is 5.89. The van der Waals surface area contributed by atoms with Crippen molar-refractivity contribution in [3.63, 3.8) is 0 Å². The molecule has 4 rings (SSSR count). The highest BCUT2D eigenvalue weighted by atomic mass is 16.6. The molecule has 7 nitrogen and oxygen atoms in total. The number of ether oxygens (including phenoxy) is 2. The Morgan fingerprint density at radius 3 is 2.87 bits per heavy atom. The highest BCUT2D eigenvalue weighted by Gasteiger charge is 2.47. The maximum absolute atomic E-state index is 12.3. The minimum atomic E-state index is -0.419. The summed E-state index contributed by atoms with van der Waals surface area (Å²) in [5.41, 5.74) is 0.514. The second-order valence-corrected chi connectivity index (χ2v) is 6.69. The Balaban J connectivity index is 1.57. The molecule has 4 heterocycles. The van der Waals surface area contributed by atoms with Gasteiger partial charge >= 0.3 is 6.09 Å². The van der Waals surface area contributed by atoms with Crippen molar-refractivity contribution in [2.75, 3.05) is 38.3 Å². The molecule has 0 aliphatic carbocycles. The summed E-state index contributed by atoms with van der Waals surface area (Å²) in [5, 5.41) is 0. The number of carbonyl (C=O) groups is 1. The number of aromatic nitrogens is 2. The first-order valence-corrected chi connectivity index (χ1v) is 8.27. The minimum Gasteiger partial charge on any atom is -0.440 e. The van der Waals surface area contributed by atoms with Gasteiger partial charge in [-0.25, -0.2) is 9.78 Å². The van der Waals surface area contributed by atoms with Gasteiger partial charge in [-0.1, -0.05) is 0 Å². The van der Waals surface area contributed by atoms with Crippen molar-refractivity contribution in [1.82, 2.24) is 14.9 Å². The molecule has 0 bridgehead atoms. The molecule has 3 aliphatic rings. The monoisotopic (exact) mass is 318 g/mol. The van der Waals surface area contributed by atoms with Gasteiger partial charge in [0, 0.05) is 12.8 Å². The van der Waals surface area contributed by atoms with E-state index < -0.39 is 5.60 Å². The molecule has 0 radical (unpaired) electrons. The molecule has 1 amide bonds. The number of rotatable bonds is 2. The molecule has 0 N–H and O–H groups in total. The molecule has 1 aromatic heterocycles. The lowest BCUT2D eigenvalue weighted by atomic mass is 9.94. The van der Waals surface area contributed by atoms with E-state index in [1.165, 1.54) is 6.42 Å². The zero-order valence-corrected chi connectivity index (χ0v) is 13.4. The van der Waals surface area contributed by atoms with Gasteiger partial charge in [0.1, 0.15) is 5.60 Å². The molecule has 23 heavy (non-hydrogen) atoms. The SMILES string of the molecule is CN1CCCC1c1cncc(N2CC3(CCOCC3)OC2=O)n1. The molecule has 3 aliphatic heterocycles. The first-order valence-electron chi connectivity index (χ1n) is 8.27. The second-order valence-electron chi connectivity index (χ2n) is 6.69. The number of carbonyl (C=O) groups excluding carboxylic acids is 1. The van der Waals surface area contributed by atoms with Crippen molar-refractivity contribution in [2.24, 2.45) is 0 Å². The van der Waals surface area contributed by atoms with Crippen LogP contribution in [0.1, 0.15) is 37.4 Å². The lowest BCUT2D eigenvalue weighted by molar-refractivity contribution is -0.0431. The van der Waals surface area contributed by atoms with Crippen LogP contribution >= 0.6 is 0 Å². The minimum absolute atomic E-state index is 0.290. The normalized spacial score (nSPS) is 27.6. The van der Waals surface area contributed by atoms with E-state index in [4.69, 9.17) is 14.5 Å². The van der Waals surface area contributed by atoms with E-state index in [1.54, 1.807) is 11.1 Å². The molecular formula is C16H22N4O3. The third-order valence-corrected chi connectivity index (χ3v) is 5.15. The van der Waals surface area contributed by atoms with Crippen LogP contribution in [-0.2, 0) is 9.47 Å². The Bertz CT molecular complexity index is 603. The molecule has 1 spiro atoms. The smallest absolute Gasteiger partial charge is 0.416 e. The molecule has 7 heteroatoms. The van der Waals surface area contributed by atoms with Crippen molar-refractivity contribution in [2.45, 2.75) is 37.3 Å². The molecule has 1 unspecified atom stereocenters. The van der Waals surface area contributed by atoms with Crippen LogP contribution in [0.3, 0.4) is 0 Å². The summed E-state index contributed by atoms with van der Waals surface area (Å²) < 4.78 is 11.1. The van der Waals surface area contributed by atoms with E-state index in [1.807, 2.05) is 6.20 Å². The first kappa shape index (κ1) is 14.8. The van der Waals surface area contributed by atoms with Crippen LogP contribution in [0.5, 0.6) is 0 Å². The molecule has 1 atom stereocenters. The Morgan fingerprint density at radius 2 is 2.13 bits per heavy atom. The molecule has 124 valence electrons. The van der Waals surface area contributed by atoms with Crippen LogP contribution in [-0.4, -0.2) is 59.9 Å². The summed E-state index contributed by atoms with van der Waals surface area (Å²) in [4.78, 5) is 25.3. The fourth-order valence-electron chi connectivity index (χ4n) is 3.75. The maximum Gasteiger partial charge on any atom is 0.416 e. The quantitative estimate of drug-likeness (QED) is 0.827. The van der Waals surface area contributed by atoms with Gasteiger partial charge in [-0.3, -0.25) is 14.8 Å². The molecular weight excluding hydrogens is 296 g/mol. The van der Waals surface area contributed by atoms with Crippen LogP contribution in [0.25, 0.3) is 0 Å². The van der Waals surface area contributed by atoms with Gasteiger partial charge in [-0.15, -0.1) is 0 Å². The number of amides is 1. The number of hydrogen-bond acceptors (Lipinski definition) is 6. The fourth-order valence-corrected chi connectivity index (χ4v) is 3.75. The highest BCUT2D eigenvalue weighted by Crippen LogP contribution is 2.35. The lowest BCUT2D eigenvalue weighted by Crippen LogP contribution is -2.40. The van der Waals surface area contributed by atoms with Gasteiger partial charge in [0.25, 0.3) is 0 Å². The topological polar surface area (TPSA) is 67.8 Å². The average Bonchev–Trinajstić information content (AvgIpc) is 3.12. The van der Waals surface area contributed by atoms with E-state index in [9.17, 15) is 4.79 Å². The third kappa shape index (κ3) is 2.68. The van der Waals surface area contributed by atoms with Gasteiger partial charge in [-0.05, 0) is 26.4 Å². The van der Waals surface area contributed by atoms with Crippen LogP contribution in [0.2, 0.25) is 0 Å². The third-order valence-electron chi connectivity index (χ3n) is 5.15. The van der Waals surface area contributed by atoms with E-state index in [0.717, 1.165) is 31.5 Å². The van der Waals surface area contributed by atoms with Crippen LogP contribution in [0.15, 0.2) is 12.4 Å². The zero-order valence-electron chi connectivity index (χ0n) is 13.4. The van der Waals surface area contributed by atoms with Crippen molar-refractivity contribution >= 4 is 11.9 Å². The molecule has 1 aromatic rings. The summed E-state index contributed by atoms with van der Waals surface area (Å²) in [6.45, 7) is 2.89. The van der Waals surface area contributed by atoms with E-state index in [0.29, 0.717) is 25.6 Å². The van der Waals surface area contributed by atoms with Crippen molar-refractivity contribution in [3.05, 3.63) is 18.1 Å². The van der Waals surface area contributed by atoms with Gasteiger partial charge in [0.15, 0.2) is 5.82 Å². The number of nitrogens with zero attached hydrogens (tertiary/aromatic N) is 4. The Kier molecular flexibility index (Phi) is 3.69. The largest absolute Gasteiger partial charge is 0.440 e. The number of likely N-dealkylation sites (tertiary alicyclic amines) is 1. The van der Waals surface area contributed by atoms with Gasteiger partial charge in [0.05, 0.1) is 43.9 Å². The lowest BCUT2D eigenvalue weighted by Gasteiger charge is -2.30. The van der Waals surface area contributed by atoms with Crippen molar-refractivity contribution in [3.8, 4) is 0 Å². The van der Waals surface area contributed by atoms with Crippen molar-refractivity contribution < 1.29 is 14.3 Å². The summed E-state index contributed by atoms with van der Waals surface area (Å²) in [6.07, 6.45) is 6.88. The van der Waals surface area contributed by atoms with Gasteiger partial charge < -0.3 is 9.47 Å². The second kappa shape index (κ2) is 5.72. The average molecular weight is 318 g/mol. The molecule has 3 fully saturated rings. The number of hydrogen-bond donors (Lipinski definition) is 0. The molecule has 0 saturated carbocycles. The summed E-state index contributed by atoms with van der Waals surface area (Å²) in [7, 11) is 2.10. The van der Waals surface area contributed by atoms with Crippen molar-refractivity contribution in [1.29, 1.82) is 0 Å². The Hall–Kier alpha value is -1.73.